The molecule has 2 rings (SSSR count). The monoisotopic (exact) mass is 310 g/mol. The van der Waals surface area contributed by atoms with Crippen LogP contribution >= 0.6 is 11.3 Å². The van der Waals surface area contributed by atoms with Gasteiger partial charge < -0.3 is 5.32 Å². The van der Waals surface area contributed by atoms with Crippen molar-refractivity contribution < 1.29 is 8.42 Å². The van der Waals surface area contributed by atoms with Gasteiger partial charge in [-0.05, 0) is 44.5 Å². The molecular formula is C14H18N2O2S2. The highest BCUT2D eigenvalue weighted by Crippen LogP contribution is 2.30. The molecule has 1 aromatic carbocycles. The Morgan fingerprint density at radius 3 is 2.45 bits per heavy atom. The molecule has 0 spiro atoms. The van der Waals surface area contributed by atoms with Crippen molar-refractivity contribution in [3.8, 4) is 0 Å². The number of nitrogens with two attached hydrogens (primary N) is 1. The largest absolute Gasteiger partial charge is 0.377 e. The van der Waals surface area contributed by atoms with Crippen molar-refractivity contribution in [3.05, 3.63) is 45.6 Å². The van der Waals surface area contributed by atoms with Gasteiger partial charge >= 0.3 is 0 Å². The summed E-state index contributed by atoms with van der Waals surface area (Å²) in [5, 5.41) is 8.48. The molecule has 0 radical (unpaired) electrons. The number of thiophene rings is 1. The van der Waals surface area contributed by atoms with Crippen LogP contribution < -0.4 is 10.5 Å². The molecule has 0 aliphatic rings. The van der Waals surface area contributed by atoms with Crippen molar-refractivity contribution >= 4 is 27.0 Å². The standard InChI is InChI=1S/C14H18N2O2S2/c1-9-8-12(11(3)19-9)10(2)16-13-6-4-5-7-14(13)20(15,17)18/h4-8,10,16H,1-3H3,(H2,15,17,18). The Morgan fingerprint density at radius 2 is 1.90 bits per heavy atom. The van der Waals surface area contributed by atoms with Crippen LogP contribution in [0.1, 0.15) is 28.3 Å². The van der Waals surface area contributed by atoms with Gasteiger partial charge in [-0.15, -0.1) is 11.3 Å². The zero-order valence-electron chi connectivity index (χ0n) is 11.7. The van der Waals surface area contributed by atoms with E-state index in [0.29, 0.717) is 5.69 Å². The summed E-state index contributed by atoms with van der Waals surface area (Å²) in [6, 6.07) is 8.83. The van der Waals surface area contributed by atoms with E-state index >= 15 is 0 Å². The van der Waals surface area contributed by atoms with E-state index in [-0.39, 0.29) is 10.9 Å². The van der Waals surface area contributed by atoms with E-state index in [1.807, 2.05) is 6.92 Å². The Balaban J connectivity index is 2.34. The summed E-state index contributed by atoms with van der Waals surface area (Å²) in [6.45, 7) is 6.14. The van der Waals surface area contributed by atoms with Crippen LogP contribution in [-0.2, 0) is 10.0 Å². The molecule has 1 aromatic heterocycles. The summed E-state index contributed by atoms with van der Waals surface area (Å²) in [7, 11) is -3.73. The highest BCUT2D eigenvalue weighted by atomic mass is 32.2. The summed E-state index contributed by atoms with van der Waals surface area (Å²) in [6.07, 6.45) is 0. The molecule has 1 atom stereocenters. The van der Waals surface area contributed by atoms with Crippen LogP contribution in [0.15, 0.2) is 35.2 Å². The van der Waals surface area contributed by atoms with Gasteiger partial charge in [0.2, 0.25) is 10.0 Å². The SMILES string of the molecule is Cc1cc(C(C)Nc2ccccc2S(N)(=O)=O)c(C)s1. The molecule has 0 bridgehead atoms. The van der Waals surface area contributed by atoms with E-state index in [0.717, 1.165) is 0 Å². The summed E-state index contributed by atoms with van der Waals surface area (Å²) in [4.78, 5) is 2.60. The maximum atomic E-state index is 11.6. The normalized spacial score (nSPS) is 13.2. The fraction of sp³-hybridized carbons (Fsp3) is 0.286. The molecule has 0 saturated carbocycles. The molecule has 0 fully saturated rings. The Morgan fingerprint density at radius 1 is 1.25 bits per heavy atom. The number of nitrogens with one attached hydrogen (secondary N) is 1. The number of aryl methyl sites for hydroxylation is 2. The fourth-order valence-corrected chi connectivity index (χ4v) is 3.95. The van der Waals surface area contributed by atoms with Gasteiger partial charge in [-0.25, -0.2) is 13.6 Å². The smallest absolute Gasteiger partial charge is 0.240 e. The fourth-order valence-electron chi connectivity index (χ4n) is 2.23. The first kappa shape index (κ1) is 15.0. The first-order valence-corrected chi connectivity index (χ1v) is 8.60. The van der Waals surface area contributed by atoms with Gasteiger partial charge in [0.05, 0.1) is 5.69 Å². The lowest BCUT2D eigenvalue weighted by Gasteiger charge is -2.17. The van der Waals surface area contributed by atoms with Crippen LogP contribution in [0.4, 0.5) is 5.69 Å². The minimum Gasteiger partial charge on any atom is -0.377 e. The second-order valence-corrected chi connectivity index (χ2v) is 7.77. The quantitative estimate of drug-likeness (QED) is 0.911. The van der Waals surface area contributed by atoms with Crippen molar-refractivity contribution in [1.29, 1.82) is 0 Å². The molecule has 0 aliphatic heterocycles. The van der Waals surface area contributed by atoms with Gasteiger partial charge in [-0.1, -0.05) is 12.1 Å². The lowest BCUT2D eigenvalue weighted by Crippen LogP contribution is -2.16. The Kier molecular flexibility index (Phi) is 4.17. The lowest BCUT2D eigenvalue weighted by atomic mass is 10.1. The molecule has 0 amide bonds. The third-order valence-electron chi connectivity index (χ3n) is 3.11. The van der Waals surface area contributed by atoms with Crippen molar-refractivity contribution in [3.63, 3.8) is 0 Å². The molecule has 2 aromatic rings. The summed E-state index contributed by atoms with van der Waals surface area (Å²) < 4.78 is 23.2. The number of sulfonamides is 1. The molecule has 3 N–H and O–H groups in total. The Hall–Kier alpha value is -1.37. The van der Waals surface area contributed by atoms with Crippen LogP contribution in [0.5, 0.6) is 0 Å². The van der Waals surface area contributed by atoms with Gasteiger partial charge in [0, 0.05) is 15.8 Å². The third kappa shape index (κ3) is 3.20. The topological polar surface area (TPSA) is 72.2 Å². The van der Waals surface area contributed by atoms with Crippen molar-refractivity contribution in [2.24, 2.45) is 5.14 Å². The number of hydrogen-bond donors (Lipinski definition) is 2. The van der Waals surface area contributed by atoms with Crippen LogP contribution in [0, 0.1) is 13.8 Å². The van der Waals surface area contributed by atoms with E-state index in [9.17, 15) is 8.42 Å². The van der Waals surface area contributed by atoms with Crippen molar-refractivity contribution in [2.75, 3.05) is 5.32 Å². The summed E-state index contributed by atoms with van der Waals surface area (Å²) in [5.41, 5.74) is 1.71. The number of rotatable bonds is 4. The Bertz CT molecular complexity index is 721. The molecule has 4 nitrogen and oxygen atoms in total. The lowest BCUT2D eigenvalue weighted by molar-refractivity contribution is 0.598. The first-order valence-electron chi connectivity index (χ1n) is 6.24. The minimum absolute atomic E-state index is 0.0165. The molecule has 20 heavy (non-hydrogen) atoms. The van der Waals surface area contributed by atoms with Crippen LogP contribution in [0.3, 0.4) is 0 Å². The molecule has 0 aliphatic carbocycles. The average molecular weight is 310 g/mol. The van der Waals surface area contributed by atoms with E-state index < -0.39 is 10.0 Å². The maximum absolute atomic E-state index is 11.6. The number of primary sulfonamides is 1. The molecule has 1 heterocycles. The van der Waals surface area contributed by atoms with Crippen LogP contribution in [0.2, 0.25) is 0 Å². The second kappa shape index (κ2) is 5.55. The van der Waals surface area contributed by atoms with E-state index in [1.165, 1.54) is 21.4 Å². The number of anilines is 1. The molecule has 1 unspecified atom stereocenters. The van der Waals surface area contributed by atoms with Gasteiger partial charge in [-0.2, -0.15) is 0 Å². The second-order valence-electron chi connectivity index (χ2n) is 4.78. The summed E-state index contributed by atoms with van der Waals surface area (Å²) in [5.74, 6) is 0. The van der Waals surface area contributed by atoms with Crippen molar-refractivity contribution in [1.82, 2.24) is 0 Å². The van der Waals surface area contributed by atoms with E-state index in [2.05, 4.69) is 25.2 Å². The van der Waals surface area contributed by atoms with E-state index in [1.54, 1.807) is 29.5 Å². The third-order valence-corrected chi connectivity index (χ3v) is 5.06. The zero-order chi connectivity index (χ0) is 14.9. The number of benzene rings is 1. The molecule has 108 valence electrons. The van der Waals surface area contributed by atoms with E-state index in [4.69, 9.17) is 5.14 Å². The summed E-state index contributed by atoms with van der Waals surface area (Å²) >= 11 is 1.73. The predicted octanol–water partition coefficient (Wildman–Crippen LogP) is 3.19. The number of hydrogen-bond acceptors (Lipinski definition) is 4. The minimum atomic E-state index is -3.73. The van der Waals surface area contributed by atoms with Gasteiger partial charge in [-0.3, -0.25) is 0 Å². The molecular weight excluding hydrogens is 292 g/mol. The molecule has 6 heteroatoms. The highest BCUT2D eigenvalue weighted by Gasteiger charge is 2.17. The van der Waals surface area contributed by atoms with Crippen molar-refractivity contribution in [2.45, 2.75) is 31.7 Å². The van der Waals surface area contributed by atoms with Crippen LogP contribution in [-0.4, -0.2) is 8.42 Å². The molecule has 0 saturated heterocycles. The zero-order valence-corrected chi connectivity index (χ0v) is 13.3. The number of para-hydroxylation sites is 1. The maximum Gasteiger partial charge on any atom is 0.240 e. The van der Waals surface area contributed by atoms with Gasteiger partial charge in [0.25, 0.3) is 0 Å². The van der Waals surface area contributed by atoms with Gasteiger partial charge in [0.15, 0.2) is 0 Å². The predicted molar refractivity (Wildman–Crippen MR) is 83.6 cm³/mol. The Labute approximate surface area is 123 Å². The van der Waals surface area contributed by atoms with Crippen LogP contribution in [0.25, 0.3) is 0 Å². The van der Waals surface area contributed by atoms with Gasteiger partial charge in [0.1, 0.15) is 4.90 Å². The average Bonchev–Trinajstić information content (AvgIpc) is 2.68. The first-order chi connectivity index (χ1) is 9.29. The highest BCUT2D eigenvalue weighted by molar-refractivity contribution is 7.89.